The standard InChI is InChI=1S/C13H23NO4/c1-13(8-6-10-18-13)12(17)14-9-5-3-2-4-7-11(15)16/h2-10H2,1H3,(H,14,17)(H,15,16). The minimum Gasteiger partial charge on any atom is -0.481 e. The van der Waals surface area contributed by atoms with Crippen LogP contribution in [0.15, 0.2) is 0 Å². The highest BCUT2D eigenvalue weighted by atomic mass is 16.5. The van der Waals surface area contributed by atoms with Gasteiger partial charge in [-0.25, -0.2) is 0 Å². The molecule has 0 saturated carbocycles. The number of nitrogens with one attached hydrogen (secondary N) is 1. The van der Waals surface area contributed by atoms with Crippen LogP contribution in [-0.4, -0.2) is 35.7 Å². The van der Waals surface area contributed by atoms with E-state index < -0.39 is 11.6 Å². The van der Waals surface area contributed by atoms with Crippen LogP contribution in [0.4, 0.5) is 0 Å². The van der Waals surface area contributed by atoms with Crippen LogP contribution in [0.5, 0.6) is 0 Å². The molecule has 1 unspecified atom stereocenters. The zero-order chi connectivity index (χ0) is 13.4. The Bertz CT molecular complexity index is 285. The third kappa shape index (κ3) is 5.04. The van der Waals surface area contributed by atoms with E-state index in [-0.39, 0.29) is 12.3 Å². The van der Waals surface area contributed by atoms with Crippen molar-refractivity contribution >= 4 is 11.9 Å². The maximum atomic E-state index is 11.8. The lowest BCUT2D eigenvalue weighted by Gasteiger charge is -2.21. The van der Waals surface area contributed by atoms with Gasteiger partial charge in [0, 0.05) is 19.6 Å². The molecule has 1 heterocycles. The van der Waals surface area contributed by atoms with E-state index in [1.165, 1.54) is 0 Å². The maximum Gasteiger partial charge on any atom is 0.303 e. The highest BCUT2D eigenvalue weighted by Gasteiger charge is 2.37. The normalized spacial score (nSPS) is 22.9. The summed E-state index contributed by atoms with van der Waals surface area (Å²) >= 11 is 0. The molecule has 104 valence electrons. The van der Waals surface area contributed by atoms with Gasteiger partial charge in [-0.3, -0.25) is 9.59 Å². The molecular weight excluding hydrogens is 234 g/mol. The van der Waals surface area contributed by atoms with Crippen LogP contribution >= 0.6 is 0 Å². The van der Waals surface area contributed by atoms with Crippen molar-refractivity contribution in [3.8, 4) is 0 Å². The molecule has 18 heavy (non-hydrogen) atoms. The molecule has 1 amide bonds. The molecular formula is C13H23NO4. The van der Waals surface area contributed by atoms with E-state index in [9.17, 15) is 9.59 Å². The summed E-state index contributed by atoms with van der Waals surface area (Å²) in [6.45, 7) is 3.14. The van der Waals surface area contributed by atoms with Crippen LogP contribution in [0, 0.1) is 0 Å². The Hall–Kier alpha value is -1.10. The molecule has 2 N–H and O–H groups in total. The quantitative estimate of drug-likeness (QED) is 0.649. The Morgan fingerprint density at radius 2 is 2.00 bits per heavy atom. The lowest BCUT2D eigenvalue weighted by molar-refractivity contribution is -0.139. The number of ether oxygens (including phenoxy) is 1. The van der Waals surface area contributed by atoms with Crippen molar-refractivity contribution in [2.75, 3.05) is 13.2 Å². The third-order valence-corrected chi connectivity index (χ3v) is 3.30. The second kappa shape index (κ2) is 7.36. The predicted octanol–water partition coefficient (Wildman–Crippen LogP) is 1.71. The second-order valence-corrected chi connectivity index (χ2v) is 5.00. The lowest BCUT2D eigenvalue weighted by atomic mass is 10.0. The summed E-state index contributed by atoms with van der Waals surface area (Å²) < 4.78 is 5.45. The maximum absolute atomic E-state index is 11.8. The Morgan fingerprint density at radius 3 is 2.61 bits per heavy atom. The molecule has 0 aliphatic carbocycles. The van der Waals surface area contributed by atoms with Gasteiger partial charge >= 0.3 is 5.97 Å². The average molecular weight is 257 g/mol. The van der Waals surface area contributed by atoms with Crippen molar-refractivity contribution < 1.29 is 19.4 Å². The van der Waals surface area contributed by atoms with Gasteiger partial charge in [0.25, 0.3) is 5.91 Å². The predicted molar refractivity (Wildman–Crippen MR) is 67.3 cm³/mol. The zero-order valence-electron chi connectivity index (χ0n) is 11.0. The van der Waals surface area contributed by atoms with Crippen molar-refractivity contribution in [2.45, 2.75) is 57.5 Å². The van der Waals surface area contributed by atoms with E-state index in [0.29, 0.717) is 19.6 Å². The van der Waals surface area contributed by atoms with Crippen molar-refractivity contribution in [3.63, 3.8) is 0 Å². The topological polar surface area (TPSA) is 75.6 Å². The Kier molecular flexibility index (Phi) is 6.12. The number of unbranched alkanes of at least 4 members (excludes halogenated alkanes) is 3. The van der Waals surface area contributed by atoms with Gasteiger partial charge in [-0.05, 0) is 32.6 Å². The minimum atomic E-state index is -0.741. The number of carboxylic acid groups (broad SMARTS) is 1. The molecule has 0 radical (unpaired) electrons. The first kappa shape index (κ1) is 15.0. The number of rotatable bonds is 8. The molecule has 1 atom stereocenters. The fourth-order valence-corrected chi connectivity index (χ4v) is 2.10. The van der Waals surface area contributed by atoms with Gasteiger partial charge in [-0.2, -0.15) is 0 Å². The summed E-state index contributed by atoms with van der Waals surface area (Å²) in [5.41, 5.74) is -0.636. The molecule has 0 aromatic rings. The number of carboxylic acids is 1. The molecule has 0 bridgehead atoms. The molecule has 0 aromatic heterocycles. The Labute approximate surface area is 108 Å². The van der Waals surface area contributed by atoms with Gasteiger partial charge in [-0.15, -0.1) is 0 Å². The van der Waals surface area contributed by atoms with Crippen LogP contribution in [0.2, 0.25) is 0 Å². The van der Waals surface area contributed by atoms with Gasteiger partial charge in [0.2, 0.25) is 0 Å². The summed E-state index contributed by atoms with van der Waals surface area (Å²) in [7, 11) is 0. The Morgan fingerprint density at radius 1 is 1.28 bits per heavy atom. The first-order chi connectivity index (χ1) is 8.54. The van der Waals surface area contributed by atoms with Crippen molar-refractivity contribution in [3.05, 3.63) is 0 Å². The van der Waals surface area contributed by atoms with Crippen molar-refractivity contribution in [2.24, 2.45) is 0 Å². The van der Waals surface area contributed by atoms with E-state index >= 15 is 0 Å². The van der Waals surface area contributed by atoms with E-state index in [4.69, 9.17) is 9.84 Å². The third-order valence-electron chi connectivity index (χ3n) is 3.30. The molecule has 1 fully saturated rings. The van der Waals surface area contributed by atoms with Crippen LogP contribution < -0.4 is 5.32 Å². The Balaban J connectivity index is 2.00. The van der Waals surface area contributed by atoms with E-state index in [2.05, 4.69) is 5.32 Å². The fourth-order valence-electron chi connectivity index (χ4n) is 2.10. The van der Waals surface area contributed by atoms with Crippen LogP contribution in [0.25, 0.3) is 0 Å². The number of carbonyl (C=O) groups is 2. The number of hydrogen-bond donors (Lipinski definition) is 2. The number of carbonyl (C=O) groups excluding carboxylic acids is 1. The molecule has 1 aliphatic rings. The summed E-state index contributed by atoms with van der Waals surface area (Å²) in [6, 6.07) is 0. The monoisotopic (exact) mass is 257 g/mol. The van der Waals surface area contributed by atoms with Crippen LogP contribution in [-0.2, 0) is 14.3 Å². The molecule has 1 rings (SSSR count). The lowest BCUT2D eigenvalue weighted by Crippen LogP contribution is -2.44. The van der Waals surface area contributed by atoms with Gasteiger partial charge < -0.3 is 15.2 Å². The summed E-state index contributed by atoms with van der Waals surface area (Å²) in [4.78, 5) is 22.1. The summed E-state index contributed by atoms with van der Waals surface area (Å²) in [5, 5.41) is 11.4. The number of aliphatic carboxylic acids is 1. The first-order valence-electron chi connectivity index (χ1n) is 6.69. The molecule has 5 heteroatoms. The SMILES string of the molecule is CC1(C(=O)NCCCCCCC(=O)O)CCCO1. The minimum absolute atomic E-state index is 0.0227. The second-order valence-electron chi connectivity index (χ2n) is 5.00. The van der Waals surface area contributed by atoms with E-state index in [1.54, 1.807) is 0 Å². The smallest absolute Gasteiger partial charge is 0.303 e. The molecule has 1 aliphatic heterocycles. The van der Waals surface area contributed by atoms with E-state index in [0.717, 1.165) is 32.1 Å². The summed E-state index contributed by atoms with van der Waals surface area (Å²) in [5.74, 6) is -0.764. The van der Waals surface area contributed by atoms with Gasteiger partial charge in [0.05, 0.1) is 0 Å². The largest absolute Gasteiger partial charge is 0.481 e. The highest BCUT2D eigenvalue weighted by Crippen LogP contribution is 2.24. The number of amides is 1. The average Bonchev–Trinajstić information content (AvgIpc) is 2.75. The van der Waals surface area contributed by atoms with Crippen molar-refractivity contribution in [1.82, 2.24) is 5.32 Å². The highest BCUT2D eigenvalue weighted by molar-refractivity contribution is 5.84. The zero-order valence-corrected chi connectivity index (χ0v) is 11.0. The summed E-state index contributed by atoms with van der Waals surface area (Å²) in [6.07, 6.45) is 5.42. The molecule has 1 saturated heterocycles. The van der Waals surface area contributed by atoms with Crippen LogP contribution in [0.1, 0.15) is 51.9 Å². The van der Waals surface area contributed by atoms with Gasteiger partial charge in [0.1, 0.15) is 5.60 Å². The fraction of sp³-hybridized carbons (Fsp3) is 0.846. The molecule has 5 nitrogen and oxygen atoms in total. The molecule has 0 spiro atoms. The van der Waals surface area contributed by atoms with Gasteiger partial charge in [0.15, 0.2) is 0 Å². The van der Waals surface area contributed by atoms with E-state index in [1.807, 2.05) is 6.92 Å². The van der Waals surface area contributed by atoms with Crippen LogP contribution in [0.3, 0.4) is 0 Å². The molecule has 0 aromatic carbocycles. The first-order valence-corrected chi connectivity index (χ1v) is 6.69. The number of hydrogen-bond acceptors (Lipinski definition) is 3. The van der Waals surface area contributed by atoms with Crippen molar-refractivity contribution in [1.29, 1.82) is 0 Å². The van der Waals surface area contributed by atoms with Gasteiger partial charge in [-0.1, -0.05) is 12.8 Å².